The molecular weight excluding hydrogens is 777 g/mol. The van der Waals surface area contributed by atoms with Crippen LogP contribution in [0.25, 0.3) is 77.2 Å². The molecule has 0 bridgehead atoms. The molecule has 3 heteroatoms. The topological polar surface area (TPSA) is 9.86 Å². The molecule has 12 rings (SSSR count). The fourth-order valence-electron chi connectivity index (χ4n) is 10.0. The molecule has 0 atom stereocenters. The van der Waals surface area contributed by atoms with E-state index < -0.39 is 8.07 Å². The second kappa shape index (κ2) is 15.2. The molecule has 2 aromatic heterocycles. The monoisotopic (exact) mass is 821 g/mol. The quantitative estimate of drug-likeness (QED) is 0.107. The third kappa shape index (κ3) is 6.00. The minimum absolute atomic E-state index is 0.0413. The number of para-hydroxylation sites is 2. The summed E-state index contributed by atoms with van der Waals surface area (Å²) >= 11 is 0. The van der Waals surface area contributed by atoms with Crippen molar-refractivity contribution < 1.29 is 4.11 Å². The van der Waals surface area contributed by atoms with Crippen molar-refractivity contribution in [1.29, 1.82) is 0 Å². The largest absolute Gasteiger partial charge is 0.309 e. The fraction of sp³-hybridized carbons (Fsp3) is 0. The van der Waals surface area contributed by atoms with Gasteiger partial charge >= 0.3 is 0 Å². The van der Waals surface area contributed by atoms with E-state index in [1.165, 1.54) is 32.4 Å². The van der Waals surface area contributed by atoms with Gasteiger partial charge in [0.2, 0.25) is 0 Å². The van der Waals surface area contributed by atoms with E-state index in [9.17, 15) is 2.74 Å². The zero-order valence-corrected chi connectivity index (χ0v) is 35.4. The van der Waals surface area contributed by atoms with Crippen molar-refractivity contribution in [2.75, 3.05) is 0 Å². The first-order valence-corrected chi connectivity index (χ1v) is 23.5. The van der Waals surface area contributed by atoms with Crippen molar-refractivity contribution in [3.8, 4) is 33.6 Å². The van der Waals surface area contributed by atoms with Crippen molar-refractivity contribution in [3.63, 3.8) is 0 Å². The second-order valence-corrected chi connectivity index (χ2v) is 20.1. The Hall–Kier alpha value is -7.98. The van der Waals surface area contributed by atoms with Gasteiger partial charge in [0.05, 0.1) is 26.2 Å². The Kier molecular flexibility index (Phi) is 8.12. The van der Waals surface area contributed by atoms with Crippen LogP contribution in [-0.2, 0) is 0 Å². The Labute approximate surface area is 372 Å². The minimum Gasteiger partial charge on any atom is -0.309 e. The number of hydrogen-bond acceptors (Lipinski definition) is 0. The van der Waals surface area contributed by atoms with Crippen molar-refractivity contribution in [2.24, 2.45) is 0 Å². The van der Waals surface area contributed by atoms with Gasteiger partial charge in [-0.15, -0.1) is 0 Å². The first-order chi connectivity index (χ1) is 32.5. The molecule has 63 heavy (non-hydrogen) atoms. The molecular formula is C60H42N2Si. The van der Waals surface area contributed by atoms with Crippen LogP contribution < -0.4 is 20.7 Å². The first kappa shape index (κ1) is 33.7. The Morgan fingerprint density at radius 2 is 0.778 bits per heavy atom. The van der Waals surface area contributed by atoms with Gasteiger partial charge in [-0.25, -0.2) is 0 Å². The summed E-state index contributed by atoms with van der Waals surface area (Å²) < 4.78 is 32.0. The average molecular weight is 822 g/mol. The van der Waals surface area contributed by atoms with Crippen molar-refractivity contribution in [3.05, 3.63) is 255 Å². The molecule has 0 aliphatic carbocycles. The van der Waals surface area contributed by atoms with E-state index in [-0.39, 0.29) is 18.1 Å². The number of fused-ring (bicyclic) bond motifs is 6. The minimum atomic E-state index is -2.79. The predicted molar refractivity (Wildman–Crippen MR) is 270 cm³/mol. The molecule has 0 saturated carbocycles. The highest BCUT2D eigenvalue weighted by Gasteiger charge is 2.41. The van der Waals surface area contributed by atoms with Gasteiger partial charge in [-0.3, -0.25) is 0 Å². The summed E-state index contributed by atoms with van der Waals surface area (Å²) in [6, 6.07) is 84.5. The van der Waals surface area contributed by atoms with Crippen LogP contribution in [-0.4, -0.2) is 17.2 Å². The van der Waals surface area contributed by atoms with Crippen LogP contribution in [0.3, 0.4) is 0 Å². The molecule has 0 saturated heterocycles. The Morgan fingerprint density at radius 1 is 0.286 bits per heavy atom. The normalized spacial score (nSPS) is 12.5. The highest BCUT2D eigenvalue weighted by molar-refractivity contribution is 7.19. The summed E-state index contributed by atoms with van der Waals surface area (Å²) in [7, 11) is -2.79. The summed E-state index contributed by atoms with van der Waals surface area (Å²) in [5, 5.41) is 8.88. The highest BCUT2D eigenvalue weighted by Crippen LogP contribution is 2.38. The summed E-state index contributed by atoms with van der Waals surface area (Å²) in [6.45, 7) is 0. The van der Waals surface area contributed by atoms with Gasteiger partial charge in [-0.2, -0.15) is 0 Å². The summed E-state index contributed by atoms with van der Waals surface area (Å²) in [4.78, 5) is 0. The lowest BCUT2D eigenvalue weighted by Gasteiger charge is -2.34. The van der Waals surface area contributed by atoms with Crippen molar-refractivity contribution >= 4 is 72.4 Å². The maximum atomic E-state index is 9.36. The lowest BCUT2D eigenvalue weighted by molar-refractivity contribution is 1.17. The molecule has 0 unspecified atom stereocenters. The van der Waals surface area contributed by atoms with Crippen LogP contribution >= 0.6 is 0 Å². The van der Waals surface area contributed by atoms with E-state index in [2.05, 4.69) is 234 Å². The first-order valence-electron chi connectivity index (χ1n) is 23.0. The van der Waals surface area contributed by atoms with E-state index in [4.69, 9.17) is 1.37 Å². The van der Waals surface area contributed by atoms with E-state index >= 15 is 0 Å². The Balaban J connectivity index is 1.05. The Bertz CT molecular complexity index is 3690. The molecule has 0 aliphatic heterocycles. The number of hydrogen-bond donors (Lipinski definition) is 0. The lowest BCUT2D eigenvalue weighted by Crippen LogP contribution is -2.74. The van der Waals surface area contributed by atoms with Crippen LogP contribution in [0, 0.1) is 0 Å². The number of benzene rings is 10. The molecule has 0 radical (unpaired) electrons. The van der Waals surface area contributed by atoms with Crippen molar-refractivity contribution in [2.45, 2.75) is 0 Å². The van der Waals surface area contributed by atoms with Gasteiger partial charge in [0, 0.05) is 32.9 Å². The molecule has 12 aromatic rings. The van der Waals surface area contributed by atoms with E-state index in [0.29, 0.717) is 10.9 Å². The summed E-state index contributed by atoms with van der Waals surface area (Å²) in [5.41, 5.74) is 10.1. The van der Waals surface area contributed by atoms with Crippen LogP contribution in [0.5, 0.6) is 0 Å². The summed E-state index contributed by atoms with van der Waals surface area (Å²) in [6.07, 6.45) is 0. The molecule has 0 fully saturated rings. The maximum Gasteiger partial charge on any atom is 0.179 e. The van der Waals surface area contributed by atoms with E-state index in [1.54, 1.807) is 0 Å². The van der Waals surface area contributed by atoms with Gasteiger partial charge in [0.15, 0.2) is 8.07 Å². The van der Waals surface area contributed by atoms with Gasteiger partial charge in [-0.05, 0) is 97.6 Å². The summed E-state index contributed by atoms with van der Waals surface area (Å²) in [5.74, 6) is 0. The third-order valence-corrected chi connectivity index (χ3v) is 17.6. The molecule has 0 amide bonds. The third-order valence-electron chi connectivity index (χ3n) is 12.8. The van der Waals surface area contributed by atoms with Gasteiger partial charge < -0.3 is 9.13 Å². The zero-order chi connectivity index (χ0) is 44.4. The molecule has 2 heterocycles. The molecule has 2 nitrogen and oxygen atoms in total. The lowest BCUT2D eigenvalue weighted by atomic mass is 10.0. The molecule has 10 aromatic carbocycles. The van der Waals surface area contributed by atoms with E-state index in [1.807, 2.05) is 6.07 Å². The maximum absolute atomic E-state index is 9.36. The highest BCUT2D eigenvalue weighted by atomic mass is 28.3. The molecule has 0 aliphatic rings. The van der Waals surface area contributed by atoms with Gasteiger partial charge in [-0.1, -0.05) is 200 Å². The standard InChI is InChI=1S/C60H42N2Si/c1-5-19-43(20-6-1)44-21-17-23-47(39-44)61-58-34-16-14-32-54(58)56-42-48(36-38-60(56)61)62-57-33-15-13-31-53(57)55-41-46(35-37-59(55)62)45-22-18-30-52(40-45)63(49-24-7-2-8-25-49,50-26-9-3-10-27-50)51-28-11-4-12-29-51/h1-42H/i13D,31D,33D. The van der Waals surface area contributed by atoms with Crippen LogP contribution in [0.2, 0.25) is 0 Å². The number of aromatic nitrogens is 2. The van der Waals surface area contributed by atoms with Gasteiger partial charge in [0.25, 0.3) is 0 Å². The van der Waals surface area contributed by atoms with Crippen molar-refractivity contribution in [1.82, 2.24) is 9.13 Å². The van der Waals surface area contributed by atoms with Crippen LogP contribution in [0.4, 0.5) is 0 Å². The van der Waals surface area contributed by atoms with Crippen LogP contribution in [0.15, 0.2) is 255 Å². The van der Waals surface area contributed by atoms with E-state index in [0.717, 1.165) is 60.8 Å². The SMILES string of the molecule is [2H]c1cc([2H])c2c(c1[2H])c1cc(-c3cccc([Si](c4ccccc4)(c4ccccc4)c4ccccc4)c3)ccc1n2-c1ccc2c(c1)c1ccccc1n2-c1cccc(-c2ccccc2)c1. The predicted octanol–water partition coefficient (Wildman–Crippen LogP) is 12.6. The Morgan fingerprint density at radius 3 is 1.48 bits per heavy atom. The number of rotatable bonds is 8. The number of nitrogens with zero attached hydrogens (tertiary/aromatic N) is 2. The zero-order valence-electron chi connectivity index (χ0n) is 37.4. The molecule has 0 spiro atoms. The smallest absolute Gasteiger partial charge is 0.179 e. The second-order valence-electron chi connectivity index (χ2n) is 16.2. The van der Waals surface area contributed by atoms with Crippen LogP contribution in [0.1, 0.15) is 4.11 Å². The average Bonchev–Trinajstić information content (AvgIpc) is 3.90. The molecule has 0 N–H and O–H groups in total. The molecule has 296 valence electrons. The van der Waals surface area contributed by atoms with Gasteiger partial charge in [0.1, 0.15) is 0 Å². The fourth-order valence-corrected chi connectivity index (χ4v) is 14.8.